The van der Waals surface area contributed by atoms with Gasteiger partial charge in [0.25, 0.3) is 0 Å². The molecule has 1 aliphatic carbocycles. The van der Waals surface area contributed by atoms with Gasteiger partial charge in [0.05, 0.1) is 0 Å². The molecule has 0 atom stereocenters. The largest absolute Gasteiger partial charge is 0.456 e. The van der Waals surface area contributed by atoms with E-state index in [9.17, 15) is 0 Å². The molecule has 1 heterocycles. The number of nitrogens with zero attached hydrogens (tertiary/aromatic N) is 1. The van der Waals surface area contributed by atoms with Gasteiger partial charge in [-0.25, -0.2) is 0 Å². The lowest BCUT2D eigenvalue weighted by atomic mass is 9.82. The average Bonchev–Trinajstić information content (AvgIpc) is 3.60. The van der Waals surface area contributed by atoms with Gasteiger partial charge in [-0.3, -0.25) is 0 Å². The van der Waals surface area contributed by atoms with Crippen LogP contribution in [0, 0.1) is 0 Å². The molecule has 47 heavy (non-hydrogen) atoms. The maximum Gasteiger partial charge on any atom is 0.135 e. The predicted octanol–water partition coefficient (Wildman–Crippen LogP) is 12.7. The van der Waals surface area contributed by atoms with Crippen molar-refractivity contribution in [2.24, 2.45) is 0 Å². The topological polar surface area (TPSA) is 16.4 Å². The minimum atomic E-state index is -0.0706. The summed E-state index contributed by atoms with van der Waals surface area (Å²) in [5.41, 5.74) is 15.2. The average molecular weight is 604 g/mol. The van der Waals surface area contributed by atoms with E-state index in [2.05, 4.69) is 183 Å². The monoisotopic (exact) mass is 603 g/mol. The molecule has 0 N–H and O–H groups in total. The van der Waals surface area contributed by atoms with E-state index in [0.29, 0.717) is 0 Å². The maximum atomic E-state index is 6.53. The Morgan fingerprint density at radius 2 is 0.915 bits per heavy atom. The molecule has 0 aliphatic heterocycles. The summed E-state index contributed by atoms with van der Waals surface area (Å²) in [6.45, 7) is 4.63. The zero-order chi connectivity index (χ0) is 31.5. The summed E-state index contributed by atoms with van der Waals surface area (Å²) in [4.78, 5) is 2.34. The van der Waals surface area contributed by atoms with Gasteiger partial charge in [-0.05, 0) is 99.1 Å². The normalized spacial score (nSPS) is 13.1. The van der Waals surface area contributed by atoms with Crippen molar-refractivity contribution >= 4 is 39.0 Å². The van der Waals surface area contributed by atoms with E-state index in [1.807, 2.05) is 0 Å². The minimum Gasteiger partial charge on any atom is -0.456 e. The molecular formula is C45H33NO. The second kappa shape index (κ2) is 10.6. The van der Waals surface area contributed by atoms with Gasteiger partial charge in [-0.15, -0.1) is 0 Å². The van der Waals surface area contributed by atoms with Crippen LogP contribution in [0.1, 0.15) is 25.0 Å². The van der Waals surface area contributed by atoms with E-state index in [1.54, 1.807) is 0 Å². The second-order valence-electron chi connectivity index (χ2n) is 13.0. The lowest BCUT2D eigenvalue weighted by Gasteiger charge is -2.26. The number of fused-ring (bicyclic) bond motifs is 6. The van der Waals surface area contributed by atoms with Gasteiger partial charge in [0.15, 0.2) is 0 Å². The lowest BCUT2D eigenvalue weighted by molar-refractivity contribution is 0.647. The first kappa shape index (κ1) is 27.5. The molecule has 0 saturated heterocycles. The predicted molar refractivity (Wildman–Crippen MR) is 197 cm³/mol. The summed E-state index contributed by atoms with van der Waals surface area (Å²) in [6.07, 6.45) is 0. The fourth-order valence-electron chi connectivity index (χ4n) is 7.41. The molecule has 0 unspecified atom stereocenters. The highest BCUT2D eigenvalue weighted by molar-refractivity contribution is 6.09. The SMILES string of the molecule is CC1(C)c2ccccc2-c2cc3c(cc21)oc1ccc(N(c2ccc(-c4ccccc4)cc2)c2ccc(-c4ccccc4)cc2)cc13. The molecular weight excluding hydrogens is 571 g/mol. The highest BCUT2D eigenvalue weighted by Gasteiger charge is 2.36. The highest BCUT2D eigenvalue weighted by atomic mass is 16.3. The van der Waals surface area contributed by atoms with E-state index in [4.69, 9.17) is 4.42 Å². The molecule has 9 rings (SSSR count). The summed E-state index contributed by atoms with van der Waals surface area (Å²) >= 11 is 0. The maximum absolute atomic E-state index is 6.53. The van der Waals surface area contributed by atoms with Crippen molar-refractivity contribution in [2.45, 2.75) is 19.3 Å². The molecule has 0 radical (unpaired) electrons. The molecule has 0 spiro atoms. The molecule has 0 bridgehead atoms. The molecule has 1 aromatic heterocycles. The third-order valence-electron chi connectivity index (χ3n) is 9.88. The van der Waals surface area contributed by atoms with Crippen LogP contribution >= 0.6 is 0 Å². The van der Waals surface area contributed by atoms with Gasteiger partial charge in [-0.2, -0.15) is 0 Å². The number of benzene rings is 7. The van der Waals surface area contributed by atoms with Crippen LogP contribution in [0.4, 0.5) is 17.1 Å². The van der Waals surface area contributed by atoms with Crippen LogP contribution in [-0.2, 0) is 5.41 Å². The molecule has 7 aromatic carbocycles. The number of furan rings is 1. The highest BCUT2D eigenvalue weighted by Crippen LogP contribution is 2.51. The van der Waals surface area contributed by atoms with Crippen LogP contribution in [0.2, 0.25) is 0 Å². The Balaban J connectivity index is 1.19. The Kier molecular flexibility index (Phi) is 6.20. The number of hydrogen-bond donors (Lipinski definition) is 0. The Bertz CT molecular complexity index is 2320. The van der Waals surface area contributed by atoms with Crippen molar-refractivity contribution in [3.05, 3.63) is 175 Å². The van der Waals surface area contributed by atoms with Gasteiger partial charge in [0, 0.05) is 33.2 Å². The van der Waals surface area contributed by atoms with Crippen molar-refractivity contribution in [2.75, 3.05) is 4.90 Å². The standard InChI is InChI=1S/C45H33NO/c1-45(2)41-16-10-9-15-37(41)38-28-40-39-27-36(25-26-43(39)47-44(40)29-42(38)45)46(34-21-17-32(18-22-34)30-11-5-3-6-12-30)35-23-19-33(20-24-35)31-13-7-4-8-14-31/h3-29H,1-2H3. The number of anilines is 3. The third-order valence-corrected chi connectivity index (χ3v) is 9.88. The van der Waals surface area contributed by atoms with Crippen molar-refractivity contribution in [1.29, 1.82) is 0 Å². The summed E-state index contributed by atoms with van der Waals surface area (Å²) < 4.78 is 6.53. The second-order valence-corrected chi connectivity index (χ2v) is 13.0. The zero-order valence-electron chi connectivity index (χ0n) is 26.4. The first-order valence-electron chi connectivity index (χ1n) is 16.3. The molecule has 0 amide bonds. The summed E-state index contributed by atoms with van der Waals surface area (Å²) in [6, 6.07) is 58.8. The fraction of sp³-hybridized carbons (Fsp3) is 0.0667. The van der Waals surface area contributed by atoms with E-state index in [1.165, 1.54) is 44.5 Å². The summed E-state index contributed by atoms with van der Waals surface area (Å²) in [5, 5.41) is 2.27. The molecule has 1 aliphatic rings. The van der Waals surface area contributed by atoms with E-state index in [-0.39, 0.29) is 5.41 Å². The van der Waals surface area contributed by atoms with Gasteiger partial charge >= 0.3 is 0 Å². The van der Waals surface area contributed by atoms with Crippen LogP contribution in [0.15, 0.2) is 168 Å². The van der Waals surface area contributed by atoms with Gasteiger partial charge in [-0.1, -0.05) is 123 Å². The lowest BCUT2D eigenvalue weighted by Crippen LogP contribution is -2.14. The van der Waals surface area contributed by atoms with Crippen molar-refractivity contribution < 1.29 is 4.42 Å². The van der Waals surface area contributed by atoms with Gasteiger partial charge < -0.3 is 9.32 Å². The Morgan fingerprint density at radius 3 is 1.53 bits per heavy atom. The smallest absolute Gasteiger partial charge is 0.135 e. The van der Waals surface area contributed by atoms with Gasteiger partial charge in [0.1, 0.15) is 11.2 Å². The quantitative estimate of drug-likeness (QED) is 0.195. The fourth-order valence-corrected chi connectivity index (χ4v) is 7.41. The first-order valence-corrected chi connectivity index (χ1v) is 16.3. The molecule has 8 aromatic rings. The molecule has 2 heteroatoms. The van der Waals surface area contributed by atoms with Crippen LogP contribution in [0.25, 0.3) is 55.3 Å². The molecule has 224 valence electrons. The van der Waals surface area contributed by atoms with E-state index < -0.39 is 0 Å². The zero-order valence-corrected chi connectivity index (χ0v) is 26.4. The summed E-state index contributed by atoms with van der Waals surface area (Å²) in [7, 11) is 0. The Morgan fingerprint density at radius 1 is 0.404 bits per heavy atom. The number of hydrogen-bond acceptors (Lipinski definition) is 2. The van der Waals surface area contributed by atoms with Crippen LogP contribution < -0.4 is 4.90 Å². The Labute approximate surface area is 275 Å². The molecule has 0 fully saturated rings. The van der Waals surface area contributed by atoms with Gasteiger partial charge in [0.2, 0.25) is 0 Å². The summed E-state index contributed by atoms with van der Waals surface area (Å²) in [5.74, 6) is 0. The van der Waals surface area contributed by atoms with Crippen molar-refractivity contribution in [3.8, 4) is 33.4 Å². The van der Waals surface area contributed by atoms with E-state index in [0.717, 1.165) is 39.0 Å². The van der Waals surface area contributed by atoms with Crippen LogP contribution in [0.5, 0.6) is 0 Å². The van der Waals surface area contributed by atoms with Crippen molar-refractivity contribution in [3.63, 3.8) is 0 Å². The number of rotatable bonds is 5. The van der Waals surface area contributed by atoms with E-state index >= 15 is 0 Å². The van der Waals surface area contributed by atoms with Crippen molar-refractivity contribution in [1.82, 2.24) is 0 Å². The molecule has 2 nitrogen and oxygen atoms in total. The molecule has 0 saturated carbocycles. The van der Waals surface area contributed by atoms with Crippen LogP contribution in [-0.4, -0.2) is 0 Å². The third kappa shape index (κ3) is 4.48. The Hall–Kier alpha value is -5.86. The first-order chi connectivity index (χ1) is 23.0. The minimum absolute atomic E-state index is 0.0706. The van der Waals surface area contributed by atoms with Crippen LogP contribution in [0.3, 0.4) is 0 Å².